The van der Waals surface area contributed by atoms with Gasteiger partial charge in [-0.15, -0.1) is 0 Å². The fourth-order valence-electron chi connectivity index (χ4n) is 2.20. The number of nitrogens with one attached hydrogen (secondary N) is 1. The molecule has 0 saturated heterocycles. The van der Waals surface area contributed by atoms with Gasteiger partial charge >= 0.3 is 0 Å². The quantitative estimate of drug-likeness (QED) is 0.530. The van der Waals surface area contributed by atoms with Crippen LogP contribution in [0, 0.1) is 0 Å². The third kappa shape index (κ3) is 9.27. The standard InChI is InChI=1S/C17H31N3O/c1-3-5-6-7-8-9-10-11-12-18-16-14-17(20-15-19-16)21-13-4-2/h14-15H,3-13H2,1-2H3,(H,18,19,20). The maximum Gasteiger partial charge on any atom is 0.218 e. The third-order valence-corrected chi connectivity index (χ3v) is 3.43. The van der Waals surface area contributed by atoms with E-state index in [9.17, 15) is 0 Å². The summed E-state index contributed by atoms with van der Waals surface area (Å²) in [5, 5.41) is 3.34. The highest BCUT2D eigenvalue weighted by Crippen LogP contribution is 2.12. The molecular weight excluding hydrogens is 262 g/mol. The Kier molecular flexibility index (Phi) is 10.5. The van der Waals surface area contributed by atoms with Crippen LogP contribution in [0.1, 0.15) is 71.6 Å². The first-order valence-electron chi connectivity index (χ1n) is 8.55. The topological polar surface area (TPSA) is 47.0 Å². The van der Waals surface area contributed by atoms with E-state index in [2.05, 4.69) is 29.1 Å². The minimum Gasteiger partial charge on any atom is -0.478 e. The molecule has 0 bridgehead atoms. The maximum absolute atomic E-state index is 5.50. The lowest BCUT2D eigenvalue weighted by Crippen LogP contribution is -2.05. The zero-order valence-electron chi connectivity index (χ0n) is 13.7. The molecule has 21 heavy (non-hydrogen) atoms. The molecule has 120 valence electrons. The average Bonchev–Trinajstić information content (AvgIpc) is 2.52. The number of hydrogen-bond donors (Lipinski definition) is 1. The van der Waals surface area contributed by atoms with E-state index in [1.54, 1.807) is 6.33 Å². The molecule has 0 unspecified atom stereocenters. The number of ether oxygens (including phenoxy) is 1. The van der Waals surface area contributed by atoms with Gasteiger partial charge in [0.05, 0.1) is 6.61 Å². The minimum absolute atomic E-state index is 0.658. The van der Waals surface area contributed by atoms with Crippen molar-refractivity contribution in [3.63, 3.8) is 0 Å². The second kappa shape index (κ2) is 12.4. The zero-order valence-corrected chi connectivity index (χ0v) is 13.7. The van der Waals surface area contributed by atoms with E-state index >= 15 is 0 Å². The van der Waals surface area contributed by atoms with E-state index < -0.39 is 0 Å². The van der Waals surface area contributed by atoms with Crippen LogP contribution in [0.15, 0.2) is 12.4 Å². The Bertz CT molecular complexity index is 358. The van der Waals surface area contributed by atoms with Crippen molar-refractivity contribution >= 4 is 5.82 Å². The Labute approximate surface area is 129 Å². The lowest BCUT2D eigenvalue weighted by Gasteiger charge is -2.07. The van der Waals surface area contributed by atoms with Crippen LogP contribution in [0.3, 0.4) is 0 Å². The molecule has 0 aliphatic heterocycles. The molecule has 0 aliphatic rings. The molecule has 0 atom stereocenters. The highest BCUT2D eigenvalue weighted by Gasteiger charge is 1.99. The van der Waals surface area contributed by atoms with Crippen LogP contribution >= 0.6 is 0 Å². The van der Waals surface area contributed by atoms with Crippen LogP contribution in [0.2, 0.25) is 0 Å². The summed E-state index contributed by atoms with van der Waals surface area (Å²) >= 11 is 0. The monoisotopic (exact) mass is 293 g/mol. The Morgan fingerprint density at radius 3 is 2.33 bits per heavy atom. The third-order valence-electron chi connectivity index (χ3n) is 3.43. The van der Waals surface area contributed by atoms with Crippen molar-refractivity contribution in [3.05, 3.63) is 12.4 Å². The van der Waals surface area contributed by atoms with Gasteiger partial charge in [-0.2, -0.15) is 0 Å². The van der Waals surface area contributed by atoms with Gasteiger partial charge in [-0.3, -0.25) is 0 Å². The van der Waals surface area contributed by atoms with Crippen molar-refractivity contribution in [1.82, 2.24) is 9.97 Å². The predicted octanol–water partition coefficient (Wildman–Crippen LogP) is 4.82. The van der Waals surface area contributed by atoms with Gasteiger partial charge in [0.1, 0.15) is 12.1 Å². The van der Waals surface area contributed by atoms with Crippen molar-refractivity contribution in [2.75, 3.05) is 18.5 Å². The van der Waals surface area contributed by atoms with Crippen molar-refractivity contribution in [2.45, 2.75) is 71.6 Å². The molecule has 0 radical (unpaired) electrons. The number of unbranched alkanes of at least 4 members (excludes halogenated alkanes) is 7. The Hall–Kier alpha value is -1.32. The molecular formula is C17H31N3O. The van der Waals surface area contributed by atoms with Gasteiger partial charge in [-0.1, -0.05) is 58.8 Å². The molecule has 1 N–H and O–H groups in total. The molecule has 0 fully saturated rings. The summed E-state index contributed by atoms with van der Waals surface area (Å²) < 4.78 is 5.50. The molecule has 4 heteroatoms. The molecule has 1 aromatic rings. The summed E-state index contributed by atoms with van der Waals surface area (Å²) in [5.41, 5.74) is 0. The first-order chi connectivity index (χ1) is 10.4. The lowest BCUT2D eigenvalue weighted by atomic mass is 10.1. The molecule has 0 aliphatic carbocycles. The average molecular weight is 293 g/mol. The van der Waals surface area contributed by atoms with E-state index in [1.807, 2.05) is 6.07 Å². The van der Waals surface area contributed by atoms with Gasteiger partial charge in [0, 0.05) is 12.6 Å². The molecule has 1 rings (SSSR count). The fraction of sp³-hybridized carbons (Fsp3) is 0.765. The highest BCUT2D eigenvalue weighted by molar-refractivity contribution is 5.36. The summed E-state index contributed by atoms with van der Waals surface area (Å²) in [5.74, 6) is 1.52. The summed E-state index contributed by atoms with van der Waals surface area (Å²) in [7, 11) is 0. The fourth-order valence-corrected chi connectivity index (χ4v) is 2.20. The van der Waals surface area contributed by atoms with Gasteiger partial charge in [-0.25, -0.2) is 9.97 Å². The van der Waals surface area contributed by atoms with E-state index in [-0.39, 0.29) is 0 Å². The molecule has 0 spiro atoms. The van der Waals surface area contributed by atoms with E-state index in [0.717, 1.165) is 18.8 Å². The van der Waals surface area contributed by atoms with Gasteiger partial charge < -0.3 is 10.1 Å². The van der Waals surface area contributed by atoms with Crippen LogP contribution in [0.5, 0.6) is 5.88 Å². The first-order valence-corrected chi connectivity index (χ1v) is 8.55. The maximum atomic E-state index is 5.50. The lowest BCUT2D eigenvalue weighted by molar-refractivity contribution is 0.305. The normalized spacial score (nSPS) is 10.6. The highest BCUT2D eigenvalue weighted by atomic mass is 16.5. The Morgan fingerprint density at radius 1 is 0.905 bits per heavy atom. The van der Waals surface area contributed by atoms with Crippen molar-refractivity contribution in [3.8, 4) is 5.88 Å². The van der Waals surface area contributed by atoms with Crippen LogP contribution in [0.4, 0.5) is 5.82 Å². The van der Waals surface area contributed by atoms with E-state index in [1.165, 1.54) is 51.4 Å². The van der Waals surface area contributed by atoms with Gasteiger partial charge in [0.15, 0.2) is 0 Å². The summed E-state index contributed by atoms with van der Waals surface area (Å²) in [4.78, 5) is 8.31. The summed E-state index contributed by atoms with van der Waals surface area (Å²) in [6, 6.07) is 1.88. The minimum atomic E-state index is 0.658. The van der Waals surface area contributed by atoms with E-state index in [4.69, 9.17) is 4.74 Å². The molecule has 0 amide bonds. The summed E-state index contributed by atoms with van der Waals surface area (Å²) in [6.07, 6.45) is 13.3. The molecule has 1 aromatic heterocycles. The van der Waals surface area contributed by atoms with Crippen LogP contribution in [-0.2, 0) is 0 Å². The molecule has 1 heterocycles. The number of hydrogen-bond acceptors (Lipinski definition) is 4. The van der Waals surface area contributed by atoms with Crippen LogP contribution in [-0.4, -0.2) is 23.1 Å². The Balaban J connectivity index is 2.04. The smallest absolute Gasteiger partial charge is 0.218 e. The van der Waals surface area contributed by atoms with Crippen LogP contribution in [0.25, 0.3) is 0 Å². The first kappa shape index (κ1) is 17.7. The van der Waals surface area contributed by atoms with E-state index in [0.29, 0.717) is 12.5 Å². The molecule has 4 nitrogen and oxygen atoms in total. The van der Waals surface area contributed by atoms with Crippen LogP contribution < -0.4 is 10.1 Å². The SMILES string of the molecule is CCCCCCCCCCNc1cc(OCCC)ncn1. The van der Waals surface area contributed by atoms with Crippen molar-refractivity contribution in [2.24, 2.45) is 0 Å². The van der Waals surface area contributed by atoms with Crippen molar-refractivity contribution < 1.29 is 4.74 Å². The van der Waals surface area contributed by atoms with Gasteiger partial charge in [-0.05, 0) is 12.8 Å². The number of aromatic nitrogens is 2. The Morgan fingerprint density at radius 2 is 1.62 bits per heavy atom. The van der Waals surface area contributed by atoms with Crippen molar-refractivity contribution in [1.29, 1.82) is 0 Å². The van der Waals surface area contributed by atoms with Gasteiger partial charge in [0.2, 0.25) is 5.88 Å². The second-order valence-corrected chi connectivity index (χ2v) is 5.49. The molecule has 0 saturated carbocycles. The molecule has 0 aromatic carbocycles. The number of nitrogens with zero attached hydrogens (tertiary/aromatic N) is 2. The summed E-state index contributed by atoms with van der Waals surface area (Å²) in [6.45, 7) is 6.02. The second-order valence-electron chi connectivity index (χ2n) is 5.49. The predicted molar refractivity (Wildman–Crippen MR) is 88.9 cm³/mol. The largest absolute Gasteiger partial charge is 0.478 e. The van der Waals surface area contributed by atoms with Gasteiger partial charge in [0.25, 0.3) is 0 Å². The number of anilines is 1. The number of rotatable bonds is 13. The zero-order chi connectivity index (χ0) is 15.2.